The van der Waals surface area contributed by atoms with Crippen molar-refractivity contribution in [3.05, 3.63) is 47.3 Å². The number of carbonyl (C=O) groups excluding carboxylic acids is 2. The second kappa shape index (κ2) is 8.51. The Morgan fingerprint density at radius 1 is 1.26 bits per heavy atom. The van der Waals surface area contributed by atoms with Crippen LogP contribution in [0.1, 0.15) is 45.4 Å². The molecule has 1 heterocycles. The zero-order valence-corrected chi connectivity index (χ0v) is 15.6. The maximum absolute atomic E-state index is 12.9. The molecule has 1 N–H and O–H groups in total. The molecule has 5 nitrogen and oxygen atoms in total. The number of hydrogen-bond donors (Lipinski definition) is 1. The van der Waals surface area contributed by atoms with Gasteiger partial charge in [0.2, 0.25) is 0 Å². The first-order valence-electron chi connectivity index (χ1n) is 9.75. The lowest BCUT2D eigenvalue weighted by Crippen LogP contribution is -2.39. The van der Waals surface area contributed by atoms with Gasteiger partial charge in [0.25, 0.3) is 0 Å². The van der Waals surface area contributed by atoms with Crippen molar-refractivity contribution in [3.63, 3.8) is 0 Å². The molecule has 2 unspecified atom stereocenters. The van der Waals surface area contributed by atoms with Gasteiger partial charge in [-0.1, -0.05) is 25.8 Å². The fourth-order valence-corrected chi connectivity index (χ4v) is 4.04. The van der Waals surface area contributed by atoms with Gasteiger partial charge in [-0.25, -0.2) is 0 Å². The molecule has 27 heavy (non-hydrogen) atoms. The summed E-state index contributed by atoms with van der Waals surface area (Å²) in [6, 6.07) is 0. The number of hydrogen-bond acceptors (Lipinski definition) is 4. The number of ether oxygens (including phenoxy) is 1. The molecule has 144 valence electrons. The maximum atomic E-state index is 12.9. The van der Waals surface area contributed by atoms with Gasteiger partial charge in [0.05, 0.1) is 5.92 Å². The van der Waals surface area contributed by atoms with Crippen molar-refractivity contribution in [3.8, 4) is 0 Å². The standard InChI is InChI=1S/C22H26O5/c1-2-3-4-5-17(23)8-6-14-7-9-18(22(25)26)21(24)20(14)16-12-15-10-11-27-19(15)13-16/h6,8,10,12-14,18,20H,2-5,7,9,11H2,1H3,(H,25,26)/t14-,18?,20?/m0/s1. The average Bonchev–Trinajstić information content (AvgIpc) is 3.21. The quantitative estimate of drug-likeness (QED) is 0.400. The minimum atomic E-state index is -1.06. The molecular formula is C22H26O5. The summed E-state index contributed by atoms with van der Waals surface area (Å²) in [4.78, 5) is 36.5. The Bertz CT molecular complexity index is 753. The largest absolute Gasteiger partial charge is 0.489 e. The van der Waals surface area contributed by atoms with Crippen LogP contribution in [0.15, 0.2) is 47.3 Å². The van der Waals surface area contributed by atoms with E-state index in [0.29, 0.717) is 25.9 Å². The highest BCUT2D eigenvalue weighted by Gasteiger charge is 2.43. The molecule has 0 radical (unpaired) electrons. The van der Waals surface area contributed by atoms with Crippen molar-refractivity contribution < 1.29 is 24.2 Å². The molecule has 1 aliphatic heterocycles. The number of ketones is 2. The van der Waals surface area contributed by atoms with E-state index < -0.39 is 17.8 Å². The van der Waals surface area contributed by atoms with Crippen molar-refractivity contribution in [2.24, 2.45) is 17.8 Å². The highest BCUT2D eigenvalue weighted by atomic mass is 16.5. The normalized spacial score (nSPS) is 27.1. The summed E-state index contributed by atoms with van der Waals surface area (Å²) in [7, 11) is 0. The molecular weight excluding hydrogens is 344 g/mol. The Morgan fingerprint density at radius 2 is 2.07 bits per heavy atom. The highest BCUT2D eigenvalue weighted by molar-refractivity contribution is 6.02. The van der Waals surface area contributed by atoms with Gasteiger partial charge in [-0.3, -0.25) is 14.4 Å². The number of Topliss-reactive ketones (excluding diaryl/α,β-unsaturated/α-hetero) is 1. The minimum Gasteiger partial charge on any atom is -0.489 e. The van der Waals surface area contributed by atoms with Gasteiger partial charge in [0.1, 0.15) is 18.3 Å². The Kier molecular flexibility index (Phi) is 6.09. The molecule has 1 saturated carbocycles. The van der Waals surface area contributed by atoms with Gasteiger partial charge in [-0.15, -0.1) is 0 Å². The molecule has 0 amide bonds. The molecule has 0 aromatic heterocycles. The lowest BCUT2D eigenvalue weighted by molar-refractivity contribution is -0.149. The van der Waals surface area contributed by atoms with Crippen LogP contribution >= 0.6 is 0 Å². The summed E-state index contributed by atoms with van der Waals surface area (Å²) in [6.45, 7) is 2.62. The van der Waals surface area contributed by atoms with Gasteiger partial charge >= 0.3 is 5.97 Å². The van der Waals surface area contributed by atoms with E-state index in [0.717, 1.165) is 36.2 Å². The van der Waals surface area contributed by atoms with Crippen LogP contribution in [0, 0.1) is 17.8 Å². The zero-order chi connectivity index (χ0) is 19.4. The van der Waals surface area contributed by atoms with Crippen molar-refractivity contribution in [1.29, 1.82) is 0 Å². The van der Waals surface area contributed by atoms with E-state index in [1.165, 1.54) is 0 Å². The highest BCUT2D eigenvalue weighted by Crippen LogP contribution is 2.41. The number of allylic oxidation sites excluding steroid dienone is 5. The molecule has 3 rings (SSSR count). The SMILES string of the molecule is CCCCCC(=O)C=C[C@H]1CCC(C(=O)O)C(=O)C1C1=CC2=CCOC2=C1. The first kappa shape index (κ1) is 19.3. The van der Waals surface area contributed by atoms with Crippen LogP contribution in [0.4, 0.5) is 0 Å². The fourth-order valence-electron chi connectivity index (χ4n) is 4.04. The van der Waals surface area contributed by atoms with E-state index in [1.54, 1.807) is 6.08 Å². The van der Waals surface area contributed by atoms with Crippen molar-refractivity contribution >= 4 is 17.5 Å². The van der Waals surface area contributed by atoms with Crippen LogP contribution < -0.4 is 0 Å². The Balaban J connectivity index is 1.78. The van der Waals surface area contributed by atoms with Gasteiger partial charge in [-0.2, -0.15) is 0 Å². The lowest BCUT2D eigenvalue weighted by Gasteiger charge is -2.32. The van der Waals surface area contributed by atoms with E-state index in [4.69, 9.17) is 4.74 Å². The number of carboxylic acids is 1. The van der Waals surface area contributed by atoms with E-state index in [2.05, 4.69) is 6.92 Å². The summed E-state index contributed by atoms with van der Waals surface area (Å²) < 4.78 is 5.51. The Labute approximate surface area is 159 Å². The Morgan fingerprint density at radius 3 is 2.78 bits per heavy atom. The monoisotopic (exact) mass is 370 g/mol. The van der Waals surface area contributed by atoms with Gasteiger partial charge in [0.15, 0.2) is 11.6 Å². The minimum absolute atomic E-state index is 0.0664. The molecule has 0 saturated heterocycles. The average molecular weight is 370 g/mol. The number of rotatable bonds is 8. The third kappa shape index (κ3) is 4.29. The summed E-state index contributed by atoms with van der Waals surface area (Å²) >= 11 is 0. The number of fused-ring (bicyclic) bond motifs is 1. The first-order chi connectivity index (χ1) is 13.0. The third-order valence-corrected chi connectivity index (χ3v) is 5.53. The summed E-state index contributed by atoms with van der Waals surface area (Å²) in [6.07, 6.45) is 13.5. The van der Waals surface area contributed by atoms with Crippen LogP contribution in [0.5, 0.6) is 0 Å². The van der Waals surface area contributed by atoms with E-state index in [1.807, 2.05) is 24.3 Å². The van der Waals surface area contributed by atoms with Crippen molar-refractivity contribution in [1.82, 2.24) is 0 Å². The Hall–Kier alpha value is -2.43. The molecule has 2 aliphatic carbocycles. The molecule has 3 aliphatic rings. The first-order valence-corrected chi connectivity index (χ1v) is 9.75. The van der Waals surface area contributed by atoms with Crippen LogP contribution in [-0.4, -0.2) is 29.2 Å². The molecule has 3 atom stereocenters. The van der Waals surface area contributed by atoms with Crippen LogP contribution in [0.25, 0.3) is 0 Å². The van der Waals surface area contributed by atoms with Crippen molar-refractivity contribution in [2.75, 3.05) is 6.61 Å². The summed E-state index contributed by atoms with van der Waals surface area (Å²) in [5.74, 6) is -2.21. The van der Waals surface area contributed by atoms with Crippen LogP contribution in [-0.2, 0) is 19.1 Å². The number of aliphatic carboxylic acids is 1. The van der Waals surface area contributed by atoms with Crippen LogP contribution in [0.3, 0.4) is 0 Å². The maximum Gasteiger partial charge on any atom is 0.314 e. The van der Waals surface area contributed by atoms with Gasteiger partial charge in [-0.05, 0) is 55.1 Å². The summed E-state index contributed by atoms with van der Waals surface area (Å²) in [5.41, 5.74) is 1.74. The number of carboxylic acid groups (broad SMARTS) is 1. The molecule has 1 fully saturated rings. The third-order valence-electron chi connectivity index (χ3n) is 5.53. The lowest BCUT2D eigenvalue weighted by atomic mass is 9.69. The van der Waals surface area contributed by atoms with E-state index in [-0.39, 0.29) is 17.5 Å². The second-order valence-electron chi connectivity index (χ2n) is 7.42. The zero-order valence-electron chi connectivity index (χ0n) is 15.6. The van der Waals surface area contributed by atoms with Crippen molar-refractivity contribution in [2.45, 2.75) is 45.4 Å². The van der Waals surface area contributed by atoms with Gasteiger partial charge in [0, 0.05) is 12.0 Å². The molecule has 5 heteroatoms. The smallest absolute Gasteiger partial charge is 0.314 e. The molecule has 0 aromatic rings. The van der Waals surface area contributed by atoms with E-state index in [9.17, 15) is 19.5 Å². The van der Waals surface area contributed by atoms with Crippen LogP contribution in [0.2, 0.25) is 0 Å². The van der Waals surface area contributed by atoms with Gasteiger partial charge < -0.3 is 9.84 Å². The topological polar surface area (TPSA) is 80.7 Å². The predicted molar refractivity (Wildman–Crippen MR) is 101 cm³/mol. The fraction of sp³-hybridized carbons (Fsp3) is 0.500. The van der Waals surface area contributed by atoms with E-state index >= 15 is 0 Å². The number of unbranched alkanes of at least 4 members (excludes halogenated alkanes) is 2. The predicted octanol–water partition coefficient (Wildman–Crippen LogP) is 3.77. The molecule has 0 bridgehead atoms. The number of carbonyl (C=O) groups is 3. The summed E-state index contributed by atoms with van der Waals surface area (Å²) in [5, 5.41) is 9.39. The molecule has 0 spiro atoms. The second-order valence-corrected chi connectivity index (χ2v) is 7.42. The molecule has 0 aromatic carbocycles.